The normalized spacial score (nSPS) is 10.1. The van der Waals surface area contributed by atoms with E-state index in [9.17, 15) is 14.0 Å². The van der Waals surface area contributed by atoms with Crippen molar-refractivity contribution < 1.29 is 18.7 Å². The van der Waals surface area contributed by atoms with Crippen molar-refractivity contribution in [3.05, 3.63) is 40.4 Å². The molecule has 2 aromatic heterocycles. The van der Waals surface area contributed by atoms with Gasteiger partial charge in [-0.15, -0.1) is 11.3 Å². The van der Waals surface area contributed by atoms with Crippen LogP contribution in [-0.2, 0) is 4.74 Å². The number of rotatable bonds is 4. The van der Waals surface area contributed by atoms with Crippen LogP contribution < -0.4 is 5.32 Å². The second-order valence-electron chi connectivity index (χ2n) is 3.57. The Morgan fingerprint density at radius 3 is 3.00 bits per heavy atom. The molecule has 0 aliphatic carbocycles. The van der Waals surface area contributed by atoms with Crippen molar-refractivity contribution in [1.82, 2.24) is 9.97 Å². The van der Waals surface area contributed by atoms with E-state index in [-0.39, 0.29) is 23.0 Å². The van der Waals surface area contributed by atoms with Gasteiger partial charge in [0.25, 0.3) is 5.91 Å². The van der Waals surface area contributed by atoms with Crippen molar-refractivity contribution in [3.63, 3.8) is 0 Å². The van der Waals surface area contributed by atoms with Crippen LogP contribution >= 0.6 is 11.3 Å². The number of nitrogens with one attached hydrogen (secondary N) is 1. The zero-order valence-corrected chi connectivity index (χ0v) is 11.2. The fourth-order valence-electron chi connectivity index (χ4n) is 1.33. The Balaban J connectivity index is 2.11. The van der Waals surface area contributed by atoms with Gasteiger partial charge < -0.3 is 10.1 Å². The number of hydrogen-bond donors (Lipinski definition) is 1. The summed E-state index contributed by atoms with van der Waals surface area (Å²) in [6.45, 7) is 1.90. The fourth-order valence-corrected chi connectivity index (χ4v) is 2.02. The first kappa shape index (κ1) is 14.1. The molecule has 0 aromatic carbocycles. The number of halogens is 1. The first-order valence-electron chi connectivity index (χ1n) is 5.65. The highest BCUT2D eigenvalue weighted by molar-refractivity contribution is 7.11. The lowest BCUT2D eigenvalue weighted by Crippen LogP contribution is -2.14. The first-order valence-corrected chi connectivity index (χ1v) is 6.53. The summed E-state index contributed by atoms with van der Waals surface area (Å²) in [5.74, 6) is -1.85. The highest BCUT2D eigenvalue weighted by Crippen LogP contribution is 2.15. The van der Waals surface area contributed by atoms with Gasteiger partial charge in [-0.3, -0.25) is 9.78 Å². The Labute approximate surface area is 117 Å². The number of anilines is 1. The van der Waals surface area contributed by atoms with Crippen LogP contribution in [0.3, 0.4) is 0 Å². The molecule has 0 fully saturated rings. The SMILES string of the molecule is CCOC(=O)c1nc(C(=O)Nc2ccncc2F)cs1. The smallest absolute Gasteiger partial charge is 0.367 e. The van der Waals surface area contributed by atoms with Crippen LogP contribution in [-0.4, -0.2) is 28.5 Å². The second kappa shape index (κ2) is 6.20. The number of aromatic nitrogens is 2. The number of pyridine rings is 1. The predicted molar refractivity (Wildman–Crippen MR) is 70.2 cm³/mol. The van der Waals surface area contributed by atoms with E-state index in [0.29, 0.717) is 0 Å². The Hall–Kier alpha value is -2.35. The van der Waals surface area contributed by atoms with Gasteiger partial charge in [0.2, 0.25) is 5.01 Å². The maximum atomic E-state index is 13.3. The lowest BCUT2D eigenvalue weighted by atomic mass is 10.3. The summed E-state index contributed by atoms with van der Waals surface area (Å²) >= 11 is 0.988. The molecule has 0 atom stereocenters. The number of esters is 1. The maximum Gasteiger partial charge on any atom is 0.367 e. The van der Waals surface area contributed by atoms with Crippen molar-refractivity contribution in [2.24, 2.45) is 0 Å². The molecule has 0 aliphatic rings. The van der Waals surface area contributed by atoms with E-state index < -0.39 is 17.7 Å². The molecule has 104 valence electrons. The molecule has 0 spiro atoms. The van der Waals surface area contributed by atoms with E-state index >= 15 is 0 Å². The largest absolute Gasteiger partial charge is 0.461 e. The van der Waals surface area contributed by atoms with Gasteiger partial charge in [0, 0.05) is 11.6 Å². The van der Waals surface area contributed by atoms with Crippen LogP contribution in [0.15, 0.2) is 23.8 Å². The Kier molecular flexibility index (Phi) is 4.36. The van der Waals surface area contributed by atoms with Gasteiger partial charge in [0.15, 0.2) is 5.82 Å². The number of thiazole rings is 1. The second-order valence-corrected chi connectivity index (χ2v) is 4.43. The number of amides is 1. The van der Waals surface area contributed by atoms with E-state index in [0.717, 1.165) is 17.5 Å². The van der Waals surface area contributed by atoms with Crippen molar-refractivity contribution in [2.45, 2.75) is 6.92 Å². The minimum absolute atomic E-state index is 0.00400. The lowest BCUT2D eigenvalue weighted by molar-refractivity contribution is 0.0526. The molecule has 0 radical (unpaired) electrons. The molecule has 8 heteroatoms. The Morgan fingerprint density at radius 1 is 1.50 bits per heavy atom. The molecule has 1 N–H and O–H groups in total. The van der Waals surface area contributed by atoms with Crippen LogP contribution in [0.5, 0.6) is 0 Å². The molecule has 0 aliphatic heterocycles. The molecule has 0 bridgehead atoms. The molecular formula is C12H10FN3O3S. The van der Waals surface area contributed by atoms with Crippen LogP contribution in [0.1, 0.15) is 27.2 Å². The minimum Gasteiger partial charge on any atom is -0.461 e. The van der Waals surface area contributed by atoms with Crippen LogP contribution in [0.25, 0.3) is 0 Å². The van der Waals surface area contributed by atoms with Gasteiger partial charge >= 0.3 is 5.97 Å². The summed E-state index contributed by atoms with van der Waals surface area (Å²) in [4.78, 5) is 30.7. The zero-order valence-electron chi connectivity index (χ0n) is 10.4. The standard InChI is InChI=1S/C12H10FN3O3S/c1-2-19-12(18)11-16-9(6-20-11)10(17)15-8-3-4-14-5-7(8)13/h3-6H,2H2,1H3,(H,14,15,17). The van der Waals surface area contributed by atoms with E-state index in [1.54, 1.807) is 6.92 Å². The van der Waals surface area contributed by atoms with Gasteiger partial charge in [-0.25, -0.2) is 14.2 Å². The predicted octanol–water partition coefficient (Wildman–Crippen LogP) is 2.11. The highest BCUT2D eigenvalue weighted by atomic mass is 32.1. The van der Waals surface area contributed by atoms with Gasteiger partial charge in [-0.05, 0) is 13.0 Å². The third kappa shape index (κ3) is 3.15. The van der Waals surface area contributed by atoms with Crippen LogP contribution in [0.2, 0.25) is 0 Å². The molecule has 20 heavy (non-hydrogen) atoms. The van der Waals surface area contributed by atoms with E-state index in [4.69, 9.17) is 4.74 Å². The van der Waals surface area contributed by atoms with Crippen molar-refractivity contribution >= 4 is 28.9 Å². The molecular weight excluding hydrogens is 285 g/mol. The summed E-state index contributed by atoms with van der Waals surface area (Å²) in [5.41, 5.74) is 0.0185. The van der Waals surface area contributed by atoms with Crippen molar-refractivity contribution in [2.75, 3.05) is 11.9 Å². The van der Waals surface area contributed by atoms with Gasteiger partial charge in [0.05, 0.1) is 18.5 Å². The minimum atomic E-state index is -0.651. The molecule has 0 saturated heterocycles. The van der Waals surface area contributed by atoms with Crippen molar-refractivity contribution in [3.8, 4) is 0 Å². The Morgan fingerprint density at radius 2 is 2.30 bits per heavy atom. The number of nitrogens with zero attached hydrogens (tertiary/aromatic N) is 2. The maximum absolute atomic E-state index is 13.3. The quantitative estimate of drug-likeness (QED) is 0.874. The molecule has 6 nitrogen and oxygen atoms in total. The third-order valence-electron chi connectivity index (χ3n) is 2.21. The van der Waals surface area contributed by atoms with Gasteiger partial charge in [0.1, 0.15) is 5.69 Å². The fraction of sp³-hybridized carbons (Fsp3) is 0.167. The summed E-state index contributed by atoms with van der Waals surface area (Å²) in [6.07, 6.45) is 2.34. The highest BCUT2D eigenvalue weighted by Gasteiger charge is 2.17. The summed E-state index contributed by atoms with van der Waals surface area (Å²) in [7, 11) is 0. The van der Waals surface area contributed by atoms with Gasteiger partial charge in [-0.2, -0.15) is 0 Å². The molecule has 2 heterocycles. The topological polar surface area (TPSA) is 81.2 Å². The molecule has 2 aromatic rings. The number of hydrogen-bond acceptors (Lipinski definition) is 6. The summed E-state index contributed by atoms with van der Waals surface area (Å²) < 4.78 is 18.1. The lowest BCUT2D eigenvalue weighted by Gasteiger charge is -2.03. The number of carbonyl (C=O) groups is 2. The van der Waals surface area contributed by atoms with Crippen molar-refractivity contribution in [1.29, 1.82) is 0 Å². The van der Waals surface area contributed by atoms with Gasteiger partial charge in [-0.1, -0.05) is 0 Å². The molecule has 0 saturated carbocycles. The average molecular weight is 295 g/mol. The van der Waals surface area contributed by atoms with E-state index in [1.165, 1.54) is 17.6 Å². The first-order chi connectivity index (χ1) is 9.61. The zero-order chi connectivity index (χ0) is 14.5. The average Bonchev–Trinajstić information content (AvgIpc) is 2.91. The molecule has 1 amide bonds. The Bertz CT molecular complexity index is 644. The summed E-state index contributed by atoms with van der Waals surface area (Å²) in [6, 6.07) is 1.33. The van der Waals surface area contributed by atoms with E-state index in [1.807, 2.05) is 0 Å². The molecule has 0 unspecified atom stereocenters. The van der Waals surface area contributed by atoms with Crippen LogP contribution in [0.4, 0.5) is 10.1 Å². The summed E-state index contributed by atoms with van der Waals surface area (Å²) in [5, 5.41) is 3.83. The third-order valence-corrected chi connectivity index (χ3v) is 3.03. The number of ether oxygens (including phenoxy) is 1. The van der Waals surface area contributed by atoms with E-state index in [2.05, 4.69) is 15.3 Å². The molecule has 2 rings (SSSR count). The monoisotopic (exact) mass is 295 g/mol. The van der Waals surface area contributed by atoms with Crippen LogP contribution in [0, 0.1) is 5.82 Å². The number of carbonyl (C=O) groups excluding carboxylic acids is 2.